The van der Waals surface area contributed by atoms with E-state index >= 15 is 0 Å². The molecule has 1 fully saturated rings. The fourth-order valence-corrected chi connectivity index (χ4v) is 3.06. The number of aryl methyl sites for hydroxylation is 1. The van der Waals surface area contributed by atoms with E-state index in [4.69, 9.17) is 4.74 Å². The highest BCUT2D eigenvalue weighted by molar-refractivity contribution is 5.31. The molecular weight excluding hydrogens is 270 g/mol. The zero-order chi connectivity index (χ0) is 15.2. The molecule has 1 aliphatic rings. The Morgan fingerprint density at radius 3 is 2.23 bits per heavy atom. The molecule has 116 valence electrons. The minimum atomic E-state index is 0.0319. The molecule has 0 saturated carbocycles. The number of likely N-dealkylation sites (tertiary alicyclic amines) is 1. The fraction of sp³-hybridized carbons (Fsp3) is 0.400. The van der Waals surface area contributed by atoms with E-state index in [0.29, 0.717) is 0 Å². The van der Waals surface area contributed by atoms with Crippen LogP contribution < -0.4 is 0 Å². The van der Waals surface area contributed by atoms with Gasteiger partial charge >= 0.3 is 0 Å². The van der Waals surface area contributed by atoms with Crippen molar-refractivity contribution in [3.05, 3.63) is 71.3 Å². The van der Waals surface area contributed by atoms with Crippen LogP contribution in [-0.2, 0) is 4.74 Å². The van der Waals surface area contributed by atoms with Crippen molar-refractivity contribution in [2.75, 3.05) is 26.2 Å². The van der Waals surface area contributed by atoms with Crippen molar-refractivity contribution in [1.29, 1.82) is 0 Å². The predicted molar refractivity (Wildman–Crippen MR) is 91.1 cm³/mol. The van der Waals surface area contributed by atoms with Crippen molar-refractivity contribution < 1.29 is 4.74 Å². The maximum Gasteiger partial charge on any atom is 0.108 e. The Bertz CT molecular complexity index is 558. The summed E-state index contributed by atoms with van der Waals surface area (Å²) in [7, 11) is 0. The predicted octanol–water partition coefficient (Wildman–Crippen LogP) is 4.20. The Morgan fingerprint density at radius 2 is 1.55 bits per heavy atom. The van der Waals surface area contributed by atoms with Crippen LogP contribution in [0.1, 0.15) is 35.6 Å². The zero-order valence-electron chi connectivity index (χ0n) is 13.4. The first-order valence-corrected chi connectivity index (χ1v) is 8.28. The van der Waals surface area contributed by atoms with E-state index in [-0.39, 0.29) is 6.10 Å². The number of benzene rings is 2. The topological polar surface area (TPSA) is 12.5 Å². The van der Waals surface area contributed by atoms with Crippen molar-refractivity contribution in [2.24, 2.45) is 0 Å². The zero-order valence-corrected chi connectivity index (χ0v) is 13.4. The third-order valence-corrected chi connectivity index (χ3v) is 4.37. The van der Waals surface area contributed by atoms with Crippen LogP contribution in [0.2, 0.25) is 0 Å². The summed E-state index contributed by atoms with van der Waals surface area (Å²) in [5.41, 5.74) is 3.75. The lowest BCUT2D eigenvalue weighted by Gasteiger charge is -2.21. The molecule has 22 heavy (non-hydrogen) atoms. The molecule has 0 spiro atoms. The number of nitrogens with zero attached hydrogens (tertiary/aromatic N) is 1. The second-order valence-corrected chi connectivity index (χ2v) is 6.12. The van der Waals surface area contributed by atoms with Gasteiger partial charge in [-0.2, -0.15) is 0 Å². The van der Waals surface area contributed by atoms with Gasteiger partial charge in [-0.1, -0.05) is 60.2 Å². The van der Waals surface area contributed by atoms with Gasteiger partial charge in [0, 0.05) is 6.54 Å². The summed E-state index contributed by atoms with van der Waals surface area (Å²) in [5.74, 6) is 0. The van der Waals surface area contributed by atoms with Gasteiger partial charge in [0.05, 0.1) is 6.61 Å². The molecule has 0 aromatic heterocycles. The number of ether oxygens (including phenoxy) is 1. The van der Waals surface area contributed by atoms with Crippen LogP contribution in [0.4, 0.5) is 0 Å². The van der Waals surface area contributed by atoms with Gasteiger partial charge in [-0.3, -0.25) is 0 Å². The Kier molecular flexibility index (Phi) is 5.25. The molecule has 2 aromatic rings. The normalized spacial score (nSPS) is 16.8. The number of hydrogen-bond acceptors (Lipinski definition) is 2. The molecule has 1 atom stereocenters. The van der Waals surface area contributed by atoms with E-state index in [1.165, 1.54) is 42.6 Å². The molecule has 0 aliphatic carbocycles. The summed E-state index contributed by atoms with van der Waals surface area (Å²) in [5, 5.41) is 0. The molecule has 2 heteroatoms. The Morgan fingerprint density at radius 1 is 0.909 bits per heavy atom. The summed E-state index contributed by atoms with van der Waals surface area (Å²) < 4.78 is 6.27. The van der Waals surface area contributed by atoms with Gasteiger partial charge in [0.25, 0.3) is 0 Å². The van der Waals surface area contributed by atoms with Crippen molar-refractivity contribution >= 4 is 0 Å². The van der Waals surface area contributed by atoms with Crippen LogP contribution in [0.5, 0.6) is 0 Å². The first kappa shape index (κ1) is 15.3. The van der Waals surface area contributed by atoms with Crippen LogP contribution in [0.15, 0.2) is 54.6 Å². The van der Waals surface area contributed by atoms with Crippen LogP contribution in [0.25, 0.3) is 0 Å². The van der Waals surface area contributed by atoms with E-state index in [1.54, 1.807) is 0 Å². The van der Waals surface area contributed by atoms with Crippen molar-refractivity contribution in [3.63, 3.8) is 0 Å². The van der Waals surface area contributed by atoms with Gasteiger partial charge in [0.1, 0.15) is 6.10 Å². The molecule has 0 N–H and O–H groups in total. The third-order valence-electron chi connectivity index (χ3n) is 4.37. The third kappa shape index (κ3) is 3.96. The van der Waals surface area contributed by atoms with E-state index < -0.39 is 0 Å². The number of rotatable bonds is 6. The lowest BCUT2D eigenvalue weighted by Crippen LogP contribution is -2.25. The maximum absolute atomic E-state index is 6.27. The Hall–Kier alpha value is -1.64. The summed E-state index contributed by atoms with van der Waals surface area (Å²) in [6.45, 7) is 6.39. The van der Waals surface area contributed by atoms with Gasteiger partial charge in [0.2, 0.25) is 0 Å². The Balaban J connectivity index is 1.70. The standard InChI is InChI=1S/C20H25NO/c1-17-9-11-19(12-10-17)20(18-7-3-2-4-8-18)22-16-15-21-13-5-6-14-21/h2-4,7-12,20H,5-6,13-16H2,1H3. The second-order valence-electron chi connectivity index (χ2n) is 6.12. The SMILES string of the molecule is Cc1ccc(C(OCCN2CCCC2)c2ccccc2)cc1. The van der Waals surface area contributed by atoms with Gasteiger partial charge < -0.3 is 9.64 Å². The summed E-state index contributed by atoms with van der Waals surface area (Å²) in [6.07, 6.45) is 2.70. The molecular formula is C20H25NO. The quantitative estimate of drug-likeness (QED) is 0.792. The van der Waals surface area contributed by atoms with Crippen LogP contribution in [-0.4, -0.2) is 31.1 Å². The average Bonchev–Trinajstić information content (AvgIpc) is 3.07. The van der Waals surface area contributed by atoms with Gasteiger partial charge in [-0.05, 0) is 44.0 Å². The fourth-order valence-electron chi connectivity index (χ4n) is 3.06. The molecule has 1 saturated heterocycles. The molecule has 0 amide bonds. The van der Waals surface area contributed by atoms with Crippen molar-refractivity contribution in [1.82, 2.24) is 4.90 Å². The van der Waals surface area contributed by atoms with E-state index in [9.17, 15) is 0 Å². The van der Waals surface area contributed by atoms with Crippen LogP contribution in [0.3, 0.4) is 0 Å². The minimum absolute atomic E-state index is 0.0319. The highest BCUT2D eigenvalue weighted by Gasteiger charge is 2.16. The highest BCUT2D eigenvalue weighted by Crippen LogP contribution is 2.26. The molecule has 1 unspecified atom stereocenters. The summed E-state index contributed by atoms with van der Waals surface area (Å²) in [6, 6.07) is 19.2. The van der Waals surface area contributed by atoms with E-state index in [1.807, 2.05) is 0 Å². The molecule has 1 aliphatic heterocycles. The van der Waals surface area contributed by atoms with Crippen LogP contribution >= 0.6 is 0 Å². The van der Waals surface area contributed by atoms with Crippen LogP contribution in [0, 0.1) is 6.92 Å². The smallest absolute Gasteiger partial charge is 0.108 e. The monoisotopic (exact) mass is 295 g/mol. The van der Waals surface area contributed by atoms with Crippen molar-refractivity contribution in [2.45, 2.75) is 25.9 Å². The molecule has 0 radical (unpaired) electrons. The average molecular weight is 295 g/mol. The molecule has 2 nitrogen and oxygen atoms in total. The summed E-state index contributed by atoms with van der Waals surface area (Å²) in [4.78, 5) is 2.50. The summed E-state index contributed by atoms with van der Waals surface area (Å²) >= 11 is 0. The van der Waals surface area contributed by atoms with E-state index in [0.717, 1.165) is 13.2 Å². The molecule has 2 aromatic carbocycles. The minimum Gasteiger partial charge on any atom is -0.367 e. The molecule has 1 heterocycles. The van der Waals surface area contributed by atoms with E-state index in [2.05, 4.69) is 66.4 Å². The maximum atomic E-state index is 6.27. The highest BCUT2D eigenvalue weighted by atomic mass is 16.5. The number of hydrogen-bond donors (Lipinski definition) is 0. The van der Waals surface area contributed by atoms with Gasteiger partial charge in [-0.25, -0.2) is 0 Å². The molecule has 0 bridgehead atoms. The lowest BCUT2D eigenvalue weighted by molar-refractivity contribution is 0.0644. The lowest BCUT2D eigenvalue weighted by atomic mass is 10.0. The van der Waals surface area contributed by atoms with Crippen molar-refractivity contribution in [3.8, 4) is 0 Å². The molecule has 3 rings (SSSR count). The van der Waals surface area contributed by atoms with Gasteiger partial charge in [0.15, 0.2) is 0 Å². The second kappa shape index (κ2) is 7.57. The largest absolute Gasteiger partial charge is 0.367 e. The first-order chi connectivity index (χ1) is 10.8. The first-order valence-electron chi connectivity index (χ1n) is 8.28. The van der Waals surface area contributed by atoms with Gasteiger partial charge in [-0.15, -0.1) is 0 Å². The Labute approximate surface area is 133 Å².